The number of nitrogens with zero attached hydrogens (tertiary/aromatic N) is 2. The van der Waals surface area contributed by atoms with Gasteiger partial charge in [0, 0.05) is 18.6 Å². The number of carbonyl (C=O) groups excluding carboxylic acids is 2. The molecule has 0 heterocycles. The Morgan fingerprint density at radius 3 is 2.33 bits per heavy atom. The molecule has 8 nitrogen and oxygen atoms in total. The van der Waals surface area contributed by atoms with Crippen molar-refractivity contribution >= 4 is 39.1 Å². The van der Waals surface area contributed by atoms with Crippen molar-refractivity contribution in [2.75, 3.05) is 31.3 Å². The minimum atomic E-state index is -3.94. The Hall–Kier alpha value is -2.85. The van der Waals surface area contributed by atoms with Crippen LogP contribution >= 0.6 is 11.6 Å². The third-order valence-electron chi connectivity index (χ3n) is 4.99. The topological polar surface area (TPSA) is 96.0 Å². The highest BCUT2D eigenvalue weighted by molar-refractivity contribution is 7.92. The number of halogens is 2. The average molecular weight is 500 g/mol. The maximum absolute atomic E-state index is 13.4. The van der Waals surface area contributed by atoms with Gasteiger partial charge in [-0.2, -0.15) is 0 Å². The van der Waals surface area contributed by atoms with Gasteiger partial charge in [-0.15, -0.1) is 0 Å². The molecule has 0 saturated heterocycles. The van der Waals surface area contributed by atoms with Crippen LogP contribution < -0.4 is 14.4 Å². The molecular formula is C22H27ClFN3O5S. The molecule has 0 spiro atoms. The number of anilines is 1. The molecule has 180 valence electrons. The van der Waals surface area contributed by atoms with Gasteiger partial charge in [-0.05, 0) is 42.3 Å². The Kier molecular flexibility index (Phi) is 9.07. The zero-order valence-electron chi connectivity index (χ0n) is 18.8. The molecule has 0 unspecified atom stereocenters. The summed E-state index contributed by atoms with van der Waals surface area (Å²) in [6.45, 7) is 1.12. The predicted octanol–water partition coefficient (Wildman–Crippen LogP) is 2.81. The molecule has 11 heteroatoms. The van der Waals surface area contributed by atoms with E-state index >= 15 is 0 Å². The number of hydrogen-bond acceptors (Lipinski definition) is 5. The van der Waals surface area contributed by atoms with E-state index in [-0.39, 0.29) is 29.4 Å². The van der Waals surface area contributed by atoms with E-state index in [4.69, 9.17) is 16.3 Å². The highest BCUT2D eigenvalue weighted by Crippen LogP contribution is 2.33. The van der Waals surface area contributed by atoms with E-state index in [9.17, 15) is 22.4 Å². The molecule has 0 aliphatic heterocycles. The summed E-state index contributed by atoms with van der Waals surface area (Å²) in [4.78, 5) is 27.2. The number of benzene rings is 2. The van der Waals surface area contributed by atoms with Crippen molar-refractivity contribution in [1.82, 2.24) is 10.2 Å². The van der Waals surface area contributed by atoms with E-state index in [2.05, 4.69) is 5.32 Å². The van der Waals surface area contributed by atoms with E-state index in [1.165, 1.54) is 61.5 Å². The van der Waals surface area contributed by atoms with Gasteiger partial charge in [-0.3, -0.25) is 13.9 Å². The van der Waals surface area contributed by atoms with Crippen LogP contribution in [-0.4, -0.2) is 58.1 Å². The summed E-state index contributed by atoms with van der Waals surface area (Å²) < 4.78 is 44.7. The Morgan fingerprint density at radius 2 is 1.82 bits per heavy atom. The minimum absolute atomic E-state index is 0.0185. The second kappa shape index (κ2) is 11.3. The van der Waals surface area contributed by atoms with Gasteiger partial charge in [0.2, 0.25) is 21.8 Å². The Balaban J connectivity index is 2.49. The maximum atomic E-state index is 13.4. The molecule has 2 aromatic rings. The van der Waals surface area contributed by atoms with Gasteiger partial charge in [-0.1, -0.05) is 30.7 Å². The maximum Gasteiger partial charge on any atom is 0.244 e. The first-order valence-corrected chi connectivity index (χ1v) is 12.3. The van der Waals surface area contributed by atoms with Gasteiger partial charge >= 0.3 is 0 Å². The van der Waals surface area contributed by atoms with E-state index in [0.717, 1.165) is 10.6 Å². The summed E-state index contributed by atoms with van der Waals surface area (Å²) in [5, 5.41) is 2.78. The standard InChI is InChI=1S/C22H27ClFN3O5S/c1-5-18(22(29)25-2)26(13-15-6-9-17(24)10-7-15)21(28)14-27(33(4,30)31)19-12-16(23)8-11-20(19)32-3/h6-12,18H,5,13-14H2,1-4H3,(H,25,29)/t18-/m0/s1. The first-order valence-electron chi connectivity index (χ1n) is 10.1. The van der Waals surface area contributed by atoms with Crippen LogP contribution in [0, 0.1) is 5.82 Å². The van der Waals surface area contributed by atoms with Gasteiger partial charge in [0.15, 0.2) is 0 Å². The number of ether oxygens (including phenoxy) is 1. The van der Waals surface area contributed by atoms with Crippen molar-refractivity contribution in [2.24, 2.45) is 0 Å². The van der Waals surface area contributed by atoms with Crippen LogP contribution in [0.1, 0.15) is 18.9 Å². The summed E-state index contributed by atoms with van der Waals surface area (Å²) >= 11 is 6.06. The number of hydrogen-bond donors (Lipinski definition) is 1. The Labute approximate surface area is 198 Å². The van der Waals surface area contributed by atoms with Crippen LogP contribution in [0.3, 0.4) is 0 Å². The molecule has 1 N–H and O–H groups in total. The number of likely N-dealkylation sites (N-methyl/N-ethyl adjacent to an activating group) is 1. The monoisotopic (exact) mass is 499 g/mol. The van der Waals surface area contributed by atoms with Gasteiger partial charge < -0.3 is 15.0 Å². The zero-order valence-corrected chi connectivity index (χ0v) is 20.4. The van der Waals surface area contributed by atoms with Crippen LogP contribution in [0.4, 0.5) is 10.1 Å². The Morgan fingerprint density at radius 1 is 1.18 bits per heavy atom. The third kappa shape index (κ3) is 6.82. The van der Waals surface area contributed by atoms with Crippen LogP contribution in [0.25, 0.3) is 0 Å². The van der Waals surface area contributed by atoms with Gasteiger partial charge in [-0.25, -0.2) is 12.8 Å². The summed E-state index contributed by atoms with van der Waals surface area (Å²) in [5.74, 6) is -1.26. The number of nitrogens with one attached hydrogen (secondary N) is 1. The molecule has 2 rings (SSSR count). The summed E-state index contributed by atoms with van der Waals surface area (Å²) in [6, 6.07) is 9.05. The van der Waals surface area contributed by atoms with E-state index < -0.39 is 40.2 Å². The highest BCUT2D eigenvalue weighted by Gasteiger charge is 2.32. The first-order chi connectivity index (χ1) is 15.5. The quantitative estimate of drug-likeness (QED) is 0.542. The second-order valence-corrected chi connectivity index (χ2v) is 9.62. The highest BCUT2D eigenvalue weighted by atomic mass is 35.5. The second-order valence-electron chi connectivity index (χ2n) is 7.27. The van der Waals surface area contributed by atoms with E-state index in [1.807, 2.05) is 0 Å². The van der Waals surface area contributed by atoms with Crippen molar-refractivity contribution < 1.29 is 27.1 Å². The lowest BCUT2D eigenvalue weighted by Crippen LogP contribution is -2.51. The lowest BCUT2D eigenvalue weighted by atomic mass is 10.1. The van der Waals surface area contributed by atoms with Crippen molar-refractivity contribution in [3.05, 3.63) is 58.9 Å². The molecule has 33 heavy (non-hydrogen) atoms. The van der Waals surface area contributed by atoms with Crippen molar-refractivity contribution in [3.8, 4) is 5.75 Å². The lowest BCUT2D eigenvalue weighted by molar-refractivity contribution is -0.140. The van der Waals surface area contributed by atoms with Gasteiger partial charge in [0.05, 0.1) is 19.1 Å². The summed E-state index contributed by atoms with van der Waals surface area (Å²) in [6.07, 6.45) is 1.24. The number of sulfonamides is 1. The van der Waals surface area contributed by atoms with Gasteiger partial charge in [0.25, 0.3) is 0 Å². The predicted molar refractivity (Wildman–Crippen MR) is 125 cm³/mol. The van der Waals surface area contributed by atoms with Crippen LogP contribution in [0.15, 0.2) is 42.5 Å². The smallest absolute Gasteiger partial charge is 0.244 e. The minimum Gasteiger partial charge on any atom is -0.495 e. The molecule has 0 radical (unpaired) electrons. The number of carbonyl (C=O) groups is 2. The molecule has 0 bridgehead atoms. The zero-order chi connectivity index (χ0) is 24.8. The van der Waals surface area contributed by atoms with Crippen molar-refractivity contribution in [3.63, 3.8) is 0 Å². The number of methoxy groups -OCH3 is 1. The summed E-state index contributed by atoms with van der Waals surface area (Å²) in [7, 11) is -1.12. The molecule has 0 aromatic heterocycles. The van der Waals surface area contributed by atoms with E-state index in [1.54, 1.807) is 6.92 Å². The van der Waals surface area contributed by atoms with Crippen LogP contribution in [0.2, 0.25) is 5.02 Å². The first kappa shape index (κ1) is 26.4. The molecule has 2 aromatic carbocycles. The van der Waals surface area contributed by atoms with Crippen molar-refractivity contribution in [1.29, 1.82) is 0 Å². The lowest BCUT2D eigenvalue weighted by Gasteiger charge is -2.32. The molecule has 1 atom stereocenters. The molecule has 0 aliphatic rings. The third-order valence-corrected chi connectivity index (χ3v) is 6.35. The molecule has 0 fully saturated rings. The normalized spacial score (nSPS) is 12.1. The molecule has 0 aliphatic carbocycles. The molecular weight excluding hydrogens is 473 g/mol. The average Bonchev–Trinajstić information content (AvgIpc) is 2.77. The van der Waals surface area contributed by atoms with E-state index in [0.29, 0.717) is 5.56 Å². The number of rotatable bonds is 10. The van der Waals surface area contributed by atoms with Gasteiger partial charge in [0.1, 0.15) is 24.2 Å². The SMILES string of the molecule is CC[C@@H](C(=O)NC)N(Cc1ccc(F)cc1)C(=O)CN(c1cc(Cl)ccc1OC)S(C)(=O)=O. The fraction of sp³-hybridized carbons (Fsp3) is 0.364. The molecule has 0 saturated carbocycles. The number of amides is 2. The van der Waals surface area contributed by atoms with Crippen molar-refractivity contribution in [2.45, 2.75) is 25.9 Å². The fourth-order valence-electron chi connectivity index (χ4n) is 3.33. The summed E-state index contributed by atoms with van der Waals surface area (Å²) in [5.41, 5.74) is 0.675. The Bertz CT molecular complexity index is 1100. The van der Waals surface area contributed by atoms with Crippen LogP contribution in [-0.2, 0) is 26.2 Å². The molecule has 2 amide bonds. The largest absolute Gasteiger partial charge is 0.495 e. The fourth-order valence-corrected chi connectivity index (χ4v) is 4.34. The van der Waals surface area contributed by atoms with Crippen LogP contribution in [0.5, 0.6) is 5.75 Å².